The molecule has 0 saturated carbocycles. The number of nitrogens with one attached hydrogen (secondary N) is 3. The van der Waals surface area contributed by atoms with E-state index in [4.69, 9.17) is 4.42 Å². The van der Waals surface area contributed by atoms with Gasteiger partial charge in [-0.2, -0.15) is 23.3 Å². The fourth-order valence-corrected chi connectivity index (χ4v) is 2.71. The Morgan fingerprint density at radius 2 is 2.03 bits per heavy atom. The van der Waals surface area contributed by atoms with Crippen molar-refractivity contribution in [3.8, 4) is 0 Å². The summed E-state index contributed by atoms with van der Waals surface area (Å²) in [7, 11) is 0. The van der Waals surface area contributed by atoms with E-state index >= 15 is 0 Å². The summed E-state index contributed by atoms with van der Waals surface area (Å²) >= 11 is 1.05. The highest BCUT2D eigenvalue weighted by molar-refractivity contribution is 7.99. The summed E-state index contributed by atoms with van der Waals surface area (Å²) in [6.07, 6.45) is -2.95. The lowest BCUT2D eigenvalue weighted by atomic mass is 10.2. The van der Waals surface area contributed by atoms with Gasteiger partial charge in [0.05, 0.1) is 17.5 Å². The van der Waals surface area contributed by atoms with Crippen LogP contribution in [0.5, 0.6) is 0 Å². The molecule has 152 valence electrons. The van der Waals surface area contributed by atoms with Crippen LogP contribution in [0.4, 0.5) is 24.8 Å². The first kappa shape index (κ1) is 20.5. The molecule has 0 aliphatic heterocycles. The summed E-state index contributed by atoms with van der Waals surface area (Å²) in [6.45, 7) is 1.82. The second kappa shape index (κ2) is 8.82. The number of hydrogen-bond donors (Lipinski definition) is 3. The first-order valence-electron chi connectivity index (χ1n) is 8.17. The van der Waals surface area contributed by atoms with Crippen LogP contribution in [-0.2, 0) is 11.0 Å². The second-order valence-corrected chi connectivity index (χ2v) is 6.64. The van der Waals surface area contributed by atoms with Gasteiger partial charge in [-0.3, -0.25) is 4.79 Å². The molecule has 29 heavy (non-hydrogen) atoms. The van der Waals surface area contributed by atoms with E-state index in [0.717, 1.165) is 29.7 Å². The first-order valence-corrected chi connectivity index (χ1v) is 9.16. The number of carbonyl (C=O) groups is 1. The summed E-state index contributed by atoms with van der Waals surface area (Å²) in [4.78, 5) is 16.0. The van der Waals surface area contributed by atoms with Gasteiger partial charge in [0.2, 0.25) is 17.0 Å². The highest BCUT2D eigenvalue weighted by Gasteiger charge is 2.29. The number of halogens is 3. The molecule has 0 spiro atoms. The Morgan fingerprint density at radius 3 is 2.69 bits per heavy atom. The highest BCUT2D eigenvalue weighted by atomic mass is 32.2. The van der Waals surface area contributed by atoms with Crippen molar-refractivity contribution < 1.29 is 22.4 Å². The molecule has 0 aliphatic carbocycles. The van der Waals surface area contributed by atoms with E-state index in [1.165, 1.54) is 18.3 Å². The third kappa shape index (κ3) is 6.10. The molecule has 1 aromatic carbocycles. The van der Waals surface area contributed by atoms with E-state index in [0.29, 0.717) is 10.9 Å². The van der Waals surface area contributed by atoms with Gasteiger partial charge in [0.25, 0.3) is 0 Å². The predicted molar refractivity (Wildman–Crippen MR) is 102 cm³/mol. The maximum Gasteiger partial charge on any atom is 0.416 e. The number of aryl methyl sites for hydroxylation is 1. The predicted octanol–water partition coefficient (Wildman–Crippen LogP) is 3.90. The van der Waals surface area contributed by atoms with Gasteiger partial charge in [-0.1, -0.05) is 11.8 Å². The zero-order chi connectivity index (χ0) is 20.9. The van der Waals surface area contributed by atoms with E-state index < -0.39 is 17.6 Å². The van der Waals surface area contributed by atoms with Crippen molar-refractivity contribution in [2.75, 3.05) is 16.5 Å². The van der Waals surface area contributed by atoms with Gasteiger partial charge < -0.3 is 9.73 Å². The van der Waals surface area contributed by atoms with Gasteiger partial charge in [-0.25, -0.2) is 10.5 Å². The minimum Gasteiger partial charge on any atom is -0.460 e. The van der Waals surface area contributed by atoms with Crippen molar-refractivity contribution in [3.63, 3.8) is 0 Å². The fraction of sp³-hybridized carbons (Fsp3) is 0.176. The molecule has 8 nitrogen and oxygen atoms in total. The van der Waals surface area contributed by atoms with Crippen LogP contribution in [0.15, 0.2) is 51.1 Å². The van der Waals surface area contributed by atoms with Gasteiger partial charge in [0.15, 0.2) is 0 Å². The van der Waals surface area contributed by atoms with Gasteiger partial charge in [0, 0.05) is 5.69 Å². The van der Waals surface area contributed by atoms with Crippen LogP contribution in [0.1, 0.15) is 17.1 Å². The van der Waals surface area contributed by atoms with E-state index in [9.17, 15) is 18.0 Å². The molecule has 2 aromatic heterocycles. The van der Waals surface area contributed by atoms with Crippen LogP contribution in [0.25, 0.3) is 0 Å². The molecule has 0 radical (unpaired) electrons. The quantitative estimate of drug-likeness (QED) is 0.302. The number of thioether (sulfide) groups is 1. The van der Waals surface area contributed by atoms with Gasteiger partial charge in [-0.05, 0) is 43.3 Å². The third-order valence-electron chi connectivity index (χ3n) is 3.42. The van der Waals surface area contributed by atoms with Crippen LogP contribution < -0.4 is 10.7 Å². The van der Waals surface area contributed by atoms with E-state index in [-0.39, 0.29) is 17.4 Å². The minimum absolute atomic E-state index is 0.0206. The molecule has 1 amide bonds. The van der Waals surface area contributed by atoms with Crippen molar-refractivity contribution in [2.45, 2.75) is 18.3 Å². The molecule has 0 bridgehead atoms. The van der Waals surface area contributed by atoms with Crippen molar-refractivity contribution in [1.82, 2.24) is 15.2 Å². The lowest BCUT2D eigenvalue weighted by Gasteiger charge is -2.08. The zero-order valence-electron chi connectivity index (χ0n) is 14.9. The highest BCUT2D eigenvalue weighted by Crippen LogP contribution is 2.29. The summed E-state index contributed by atoms with van der Waals surface area (Å²) in [5.41, 5.74) is 2.13. The number of aromatic nitrogens is 3. The molecule has 3 rings (SSSR count). The van der Waals surface area contributed by atoms with Gasteiger partial charge in [-0.15, -0.1) is 5.10 Å². The lowest BCUT2D eigenvalue weighted by molar-refractivity contribution is -0.137. The Kier molecular flexibility index (Phi) is 6.22. The number of rotatable bonds is 7. The van der Waals surface area contributed by atoms with Crippen molar-refractivity contribution in [3.05, 3.63) is 53.5 Å². The Bertz CT molecular complexity index is 997. The number of amides is 1. The van der Waals surface area contributed by atoms with E-state index in [1.807, 2.05) is 6.92 Å². The lowest BCUT2D eigenvalue weighted by Crippen LogP contribution is -2.14. The second-order valence-electron chi connectivity index (χ2n) is 5.70. The van der Waals surface area contributed by atoms with Gasteiger partial charge in [0.1, 0.15) is 11.5 Å². The van der Waals surface area contributed by atoms with E-state index in [1.54, 1.807) is 12.1 Å². The number of carbonyl (C=O) groups excluding carboxylic acids is 1. The Morgan fingerprint density at radius 1 is 1.28 bits per heavy atom. The Hall–Kier alpha value is -3.28. The number of hydrogen-bond acceptors (Lipinski definition) is 7. The van der Waals surface area contributed by atoms with Gasteiger partial charge >= 0.3 is 6.18 Å². The van der Waals surface area contributed by atoms with Crippen LogP contribution in [0, 0.1) is 6.92 Å². The molecule has 3 aromatic rings. The molecule has 3 N–H and O–H groups in total. The molecular formula is C17H15F3N6O2S. The van der Waals surface area contributed by atoms with Crippen molar-refractivity contribution >= 4 is 35.5 Å². The summed E-state index contributed by atoms with van der Waals surface area (Å²) in [5.74, 6) is 1.19. The Balaban J connectivity index is 1.45. The van der Waals surface area contributed by atoms with Crippen molar-refractivity contribution in [2.24, 2.45) is 5.10 Å². The monoisotopic (exact) mass is 424 g/mol. The number of alkyl halides is 3. The topological polar surface area (TPSA) is 108 Å². The summed E-state index contributed by atoms with van der Waals surface area (Å²) in [6, 6.07) is 7.76. The number of benzene rings is 1. The van der Waals surface area contributed by atoms with Crippen LogP contribution in [0.2, 0.25) is 0 Å². The molecule has 0 fully saturated rings. The minimum atomic E-state index is -4.42. The molecule has 12 heteroatoms. The maximum atomic E-state index is 12.5. The first-order chi connectivity index (χ1) is 13.8. The van der Waals surface area contributed by atoms with Crippen LogP contribution >= 0.6 is 11.8 Å². The number of anilines is 2. The average Bonchev–Trinajstić information content (AvgIpc) is 3.29. The number of hydrazone groups is 1. The van der Waals surface area contributed by atoms with Crippen LogP contribution in [-0.4, -0.2) is 33.1 Å². The Labute approximate surface area is 167 Å². The number of aromatic amines is 1. The zero-order valence-corrected chi connectivity index (χ0v) is 15.8. The molecule has 0 unspecified atom stereocenters. The van der Waals surface area contributed by atoms with E-state index in [2.05, 4.69) is 31.0 Å². The molecule has 2 heterocycles. The standard InChI is InChI=1S/C17H15F3N6O2S/c1-10-2-7-13(28-10)8-21-24-15-23-16(26-25-15)29-9-14(27)22-12-5-3-11(4-6-12)17(18,19)20/h2-8H,9H2,1H3,(H,22,27)(H2,23,24,25,26)/b21-8-. The average molecular weight is 424 g/mol. The van der Waals surface area contributed by atoms with Crippen molar-refractivity contribution in [1.29, 1.82) is 0 Å². The smallest absolute Gasteiger partial charge is 0.416 e. The molecule has 0 atom stereocenters. The maximum absolute atomic E-state index is 12.5. The molecular weight excluding hydrogens is 409 g/mol. The molecule has 0 aliphatic rings. The number of H-pyrrole nitrogens is 1. The molecule has 0 saturated heterocycles. The number of nitrogens with zero attached hydrogens (tertiary/aromatic N) is 3. The SMILES string of the molecule is Cc1ccc(/C=N\Nc2nc(SCC(=O)Nc3ccc(C(F)(F)F)cc3)n[nH]2)o1. The fourth-order valence-electron chi connectivity index (χ4n) is 2.11. The normalized spacial score (nSPS) is 11.7. The summed E-state index contributed by atoms with van der Waals surface area (Å²) < 4.78 is 42.9. The van der Waals surface area contributed by atoms with Crippen LogP contribution in [0.3, 0.4) is 0 Å². The largest absolute Gasteiger partial charge is 0.460 e. The summed E-state index contributed by atoms with van der Waals surface area (Å²) in [5, 5.41) is 13.3. The number of furan rings is 1. The third-order valence-corrected chi connectivity index (χ3v) is 4.26.